The van der Waals surface area contributed by atoms with Crippen LogP contribution in [0, 0.1) is 6.92 Å². The number of rotatable bonds is 2. The van der Waals surface area contributed by atoms with Crippen LogP contribution in [0.2, 0.25) is 0 Å². The van der Waals surface area contributed by atoms with Crippen LogP contribution < -0.4 is 0 Å². The molecule has 1 aliphatic carbocycles. The minimum absolute atomic E-state index is 0.644. The van der Waals surface area contributed by atoms with E-state index in [1.54, 1.807) is 0 Å². The molecule has 0 aliphatic heterocycles. The van der Waals surface area contributed by atoms with E-state index in [4.69, 9.17) is 9.40 Å². The summed E-state index contributed by atoms with van der Waals surface area (Å²) in [5, 5.41) is 4.90. The van der Waals surface area contributed by atoms with Crippen LogP contribution >= 0.6 is 0 Å². The Hall–Kier alpha value is -3.13. The molecule has 1 fully saturated rings. The van der Waals surface area contributed by atoms with E-state index in [0.29, 0.717) is 5.92 Å². The van der Waals surface area contributed by atoms with Crippen molar-refractivity contribution >= 4 is 32.7 Å². The zero-order valence-electron chi connectivity index (χ0n) is 16.6. The molecule has 2 nitrogen and oxygen atoms in total. The van der Waals surface area contributed by atoms with E-state index in [2.05, 4.69) is 61.7 Å². The van der Waals surface area contributed by atoms with Gasteiger partial charge in [0.2, 0.25) is 0 Å². The van der Waals surface area contributed by atoms with Crippen molar-refractivity contribution in [3.63, 3.8) is 0 Å². The number of nitrogens with zero attached hydrogens (tertiary/aromatic N) is 1. The molecule has 0 saturated heterocycles. The molecule has 142 valence electrons. The summed E-state index contributed by atoms with van der Waals surface area (Å²) >= 11 is 0. The van der Waals surface area contributed by atoms with Gasteiger partial charge in [-0.3, -0.25) is 4.98 Å². The number of aryl methyl sites for hydroxylation is 1. The highest BCUT2D eigenvalue weighted by molar-refractivity contribution is 6.12. The summed E-state index contributed by atoms with van der Waals surface area (Å²) in [5.41, 5.74) is 6.62. The first-order valence-corrected chi connectivity index (χ1v) is 10.6. The van der Waals surface area contributed by atoms with Gasteiger partial charge in [-0.2, -0.15) is 0 Å². The largest absolute Gasteiger partial charge is 0.455 e. The van der Waals surface area contributed by atoms with E-state index in [0.717, 1.165) is 22.4 Å². The minimum atomic E-state index is 0.644. The van der Waals surface area contributed by atoms with Gasteiger partial charge < -0.3 is 4.42 Å². The van der Waals surface area contributed by atoms with Gasteiger partial charge in [0.05, 0.1) is 5.69 Å². The summed E-state index contributed by atoms with van der Waals surface area (Å²) in [7, 11) is 0. The lowest BCUT2D eigenvalue weighted by Gasteiger charge is -2.15. The van der Waals surface area contributed by atoms with Crippen LogP contribution in [-0.2, 0) is 0 Å². The van der Waals surface area contributed by atoms with Gasteiger partial charge in [0.15, 0.2) is 0 Å². The molecule has 2 heteroatoms. The predicted molar refractivity (Wildman–Crippen MR) is 120 cm³/mol. The number of fused-ring (bicyclic) bond motifs is 4. The second kappa shape index (κ2) is 6.45. The maximum atomic E-state index is 6.33. The van der Waals surface area contributed by atoms with Gasteiger partial charge in [0, 0.05) is 27.9 Å². The van der Waals surface area contributed by atoms with Gasteiger partial charge >= 0.3 is 0 Å². The molecule has 1 saturated carbocycles. The average Bonchev–Trinajstić information content (AvgIpc) is 3.41. The van der Waals surface area contributed by atoms with Crippen molar-refractivity contribution < 1.29 is 4.42 Å². The third-order valence-electron chi connectivity index (χ3n) is 6.50. The quantitative estimate of drug-likeness (QED) is 0.314. The van der Waals surface area contributed by atoms with Crippen molar-refractivity contribution in [3.05, 3.63) is 78.0 Å². The van der Waals surface area contributed by atoms with E-state index in [1.807, 2.05) is 12.1 Å². The van der Waals surface area contributed by atoms with Crippen LogP contribution in [0.25, 0.3) is 44.0 Å². The van der Waals surface area contributed by atoms with Crippen LogP contribution in [0.5, 0.6) is 0 Å². The Balaban J connectivity index is 1.67. The molecule has 1 aliphatic rings. The van der Waals surface area contributed by atoms with Crippen molar-refractivity contribution in [2.24, 2.45) is 0 Å². The first-order chi connectivity index (χ1) is 14.3. The van der Waals surface area contributed by atoms with Crippen molar-refractivity contribution in [2.75, 3.05) is 0 Å². The summed E-state index contributed by atoms with van der Waals surface area (Å²) in [6, 6.07) is 21.5. The minimum Gasteiger partial charge on any atom is -0.455 e. The maximum absolute atomic E-state index is 6.33. The summed E-state index contributed by atoms with van der Waals surface area (Å²) < 4.78 is 6.33. The number of para-hydroxylation sites is 1. The van der Waals surface area contributed by atoms with Gasteiger partial charge in [0.1, 0.15) is 11.2 Å². The summed E-state index contributed by atoms with van der Waals surface area (Å²) in [5.74, 6) is 0.644. The molecule has 0 unspecified atom stereocenters. The van der Waals surface area contributed by atoms with Gasteiger partial charge in [-0.15, -0.1) is 0 Å². The lowest BCUT2D eigenvalue weighted by Crippen LogP contribution is -1.97. The summed E-state index contributed by atoms with van der Waals surface area (Å²) in [6.07, 6.45) is 7.35. The topological polar surface area (TPSA) is 26.0 Å². The number of pyridine rings is 1. The van der Waals surface area contributed by atoms with Crippen molar-refractivity contribution in [1.82, 2.24) is 4.98 Å². The Morgan fingerprint density at radius 1 is 0.828 bits per heavy atom. The Bertz CT molecular complexity index is 1370. The van der Waals surface area contributed by atoms with E-state index in [9.17, 15) is 0 Å². The van der Waals surface area contributed by atoms with Crippen LogP contribution in [0.3, 0.4) is 0 Å². The Morgan fingerprint density at radius 3 is 2.38 bits per heavy atom. The van der Waals surface area contributed by atoms with Crippen molar-refractivity contribution in [2.45, 2.75) is 38.5 Å². The number of hydrogen-bond donors (Lipinski definition) is 0. The number of hydrogen-bond acceptors (Lipinski definition) is 2. The molecule has 3 aromatic carbocycles. The summed E-state index contributed by atoms with van der Waals surface area (Å²) in [4.78, 5) is 5.02. The highest BCUT2D eigenvalue weighted by Gasteiger charge is 2.22. The zero-order valence-corrected chi connectivity index (χ0v) is 16.6. The molecule has 0 N–H and O–H groups in total. The van der Waals surface area contributed by atoms with Crippen LogP contribution in [0.15, 0.2) is 71.3 Å². The highest BCUT2D eigenvalue weighted by Crippen LogP contribution is 2.42. The Kier molecular flexibility index (Phi) is 3.73. The normalized spacial score (nSPS) is 15.1. The lowest BCUT2D eigenvalue weighted by molar-refractivity contribution is 0.669. The Morgan fingerprint density at radius 2 is 1.55 bits per heavy atom. The predicted octanol–water partition coefficient (Wildman–Crippen LogP) is 7.77. The molecule has 0 atom stereocenters. The fourth-order valence-electron chi connectivity index (χ4n) is 5.14. The molecular weight excluding hydrogens is 354 g/mol. The van der Waals surface area contributed by atoms with E-state index >= 15 is 0 Å². The third-order valence-corrected chi connectivity index (χ3v) is 6.50. The molecule has 0 radical (unpaired) electrons. The fraction of sp³-hybridized carbons (Fsp3) is 0.222. The van der Waals surface area contributed by atoms with Gasteiger partial charge in [-0.05, 0) is 60.4 Å². The number of aromatic nitrogens is 1. The molecule has 29 heavy (non-hydrogen) atoms. The van der Waals surface area contributed by atoms with Crippen molar-refractivity contribution in [3.8, 4) is 11.3 Å². The second-order valence-corrected chi connectivity index (χ2v) is 8.38. The van der Waals surface area contributed by atoms with Gasteiger partial charge in [0.25, 0.3) is 0 Å². The molecule has 2 aromatic heterocycles. The lowest BCUT2D eigenvalue weighted by atomic mass is 9.91. The fourth-order valence-corrected chi connectivity index (χ4v) is 5.14. The van der Waals surface area contributed by atoms with E-state index < -0.39 is 0 Å². The monoisotopic (exact) mass is 377 g/mol. The SMILES string of the molecule is Cc1cc(-c2ncc(C3CCCC3)c3ccccc23)c2oc3ccccc3c2c1. The van der Waals surface area contributed by atoms with Crippen LogP contribution in [-0.4, -0.2) is 4.98 Å². The molecular formula is C27H23NO. The standard InChI is InChI=1S/C27H23NO/c1-17-14-22-20-11-6-7-13-25(20)29-27(22)23(15-17)26-21-12-5-4-10-19(21)24(16-28-26)18-8-2-3-9-18/h4-7,10-16,18H,2-3,8-9H2,1H3. The molecule has 0 spiro atoms. The molecule has 5 aromatic rings. The zero-order chi connectivity index (χ0) is 19.4. The maximum Gasteiger partial charge on any atom is 0.144 e. The molecule has 0 bridgehead atoms. The van der Waals surface area contributed by atoms with Crippen molar-refractivity contribution in [1.29, 1.82) is 0 Å². The highest BCUT2D eigenvalue weighted by atomic mass is 16.3. The number of furan rings is 1. The van der Waals surface area contributed by atoms with E-state index in [1.165, 1.54) is 58.4 Å². The molecule has 0 amide bonds. The summed E-state index contributed by atoms with van der Waals surface area (Å²) in [6.45, 7) is 2.15. The van der Waals surface area contributed by atoms with Crippen LogP contribution in [0.1, 0.15) is 42.7 Å². The average molecular weight is 377 g/mol. The number of benzene rings is 3. The first-order valence-electron chi connectivity index (χ1n) is 10.6. The Labute approximate surface area is 170 Å². The van der Waals surface area contributed by atoms with Gasteiger partial charge in [-0.1, -0.05) is 55.3 Å². The first kappa shape index (κ1) is 16.8. The second-order valence-electron chi connectivity index (χ2n) is 8.38. The molecule has 6 rings (SSSR count). The van der Waals surface area contributed by atoms with Crippen LogP contribution in [0.4, 0.5) is 0 Å². The molecule has 2 heterocycles. The smallest absolute Gasteiger partial charge is 0.144 e. The van der Waals surface area contributed by atoms with Gasteiger partial charge in [-0.25, -0.2) is 0 Å². The third kappa shape index (κ3) is 2.59. The van der Waals surface area contributed by atoms with E-state index in [-0.39, 0.29) is 0 Å².